The van der Waals surface area contributed by atoms with Gasteiger partial charge in [-0.3, -0.25) is 4.79 Å². The summed E-state index contributed by atoms with van der Waals surface area (Å²) in [6.45, 7) is 2.04. The van der Waals surface area contributed by atoms with Crippen LogP contribution in [0.4, 0.5) is 0 Å². The Balaban J connectivity index is 1.90. The van der Waals surface area contributed by atoms with Crippen LogP contribution < -0.4 is 11.1 Å². The standard InChI is InChI=1S/C16H31N3O/c1-16(17)10-5-4-9-14(16)15(20)18-12-7-6-8-13(11-12)19(2)3/h12-14H,4-11,17H2,1-3H3,(H,18,20). The first-order chi connectivity index (χ1) is 9.40. The first kappa shape index (κ1) is 15.8. The number of nitrogens with two attached hydrogens (primary N) is 1. The van der Waals surface area contributed by atoms with E-state index in [-0.39, 0.29) is 17.4 Å². The summed E-state index contributed by atoms with van der Waals surface area (Å²) < 4.78 is 0. The largest absolute Gasteiger partial charge is 0.353 e. The highest BCUT2D eigenvalue weighted by Gasteiger charge is 2.38. The predicted octanol–water partition coefficient (Wildman–Crippen LogP) is 1.88. The Morgan fingerprint density at radius 2 is 1.95 bits per heavy atom. The van der Waals surface area contributed by atoms with E-state index in [1.165, 1.54) is 12.8 Å². The number of amides is 1. The quantitative estimate of drug-likeness (QED) is 0.830. The van der Waals surface area contributed by atoms with E-state index in [1.807, 2.05) is 6.92 Å². The molecule has 3 N–H and O–H groups in total. The lowest BCUT2D eigenvalue weighted by Gasteiger charge is -2.39. The molecule has 0 bridgehead atoms. The van der Waals surface area contributed by atoms with Crippen LogP contribution in [-0.2, 0) is 4.79 Å². The van der Waals surface area contributed by atoms with Gasteiger partial charge in [0.05, 0.1) is 5.92 Å². The summed E-state index contributed by atoms with van der Waals surface area (Å²) in [4.78, 5) is 14.8. The molecule has 2 saturated carbocycles. The van der Waals surface area contributed by atoms with Crippen molar-refractivity contribution in [2.45, 2.75) is 75.9 Å². The van der Waals surface area contributed by atoms with E-state index in [4.69, 9.17) is 5.73 Å². The van der Waals surface area contributed by atoms with Crippen LogP contribution in [0, 0.1) is 5.92 Å². The van der Waals surface area contributed by atoms with Gasteiger partial charge in [-0.05, 0) is 59.5 Å². The predicted molar refractivity (Wildman–Crippen MR) is 82.4 cm³/mol. The highest BCUT2D eigenvalue weighted by molar-refractivity contribution is 5.80. The van der Waals surface area contributed by atoms with E-state index in [1.54, 1.807) is 0 Å². The summed E-state index contributed by atoms with van der Waals surface area (Å²) in [7, 11) is 4.26. The highest BCUT2D eigenvalue weighted by atomic mass is 16.2. The molecule has 4 atom stereocenters. The maximum atomic E-state index is 12.6. The number of hydrogen-bond acceptors (Lipinski definition) is 3. The molecule has 0 aliphatic heterocycles. The van der Waals surface area contributed by atoms with Gasteiger partial charge in [-0.15, -0.1) is 0 Å². The molecule has 0 heterocycles. The zero-order valence-electron chi connectivity index (χ0n) is 13.3. The topological polar surface area (TPSA) is 58.4 Å². The SMILES string of the molecule is CN(C)C1CCCC(NC(=O)C2CCCCC2(C)N)C1. The third-order valence-electron chi connectivity index (χ3n) is 5.29. The Morgan fingerprint density at radius 1 is 1.20 bits per heavy atom. The van der Waals surface area contributed by atoms with E-state index in [2.05, 4.69) is 24.3 Å². The van der Waals surface area contributed by atoms with Crippen LogP contribution in [0.15, 0.2) is 0 Å². The van der Waals surface area contributed by atoms with Crippen LogP contribution in [-0.4, -0.2) is 42.5 Å². The summed E-state index contributed by atoms with van der Waals surface area (Å²) in [5.41, 5.74) is 6.01. The van der Waals surface area contributed by atoms with Crippen molar-refractivity contribution in [1.82, 2.24) is 10.2 Å². The molecular weight excluding hydrogens is 250 g/mol. The second-order valence-corrected chi connectivity index (χ2v) is 7.29. The molecule has 0 spiro atoms. The fourth-order valence-electron chi connectivity index (χ4n) is 3.85. The van der Waals surface area contributed by atoms with Gasteiger partial charge >= 0.3 is 0 Å². The lowest BCUT2D eigenvalue weighted by atomic mass is 9.74. The van der Waals surface area contributed by atoms with E-state index >= 15 is 0 Å². The minimum absolute atomic E-state index is 0.00372. The molecule has 2 fully saturated rings. The highest BCUT2D eigenvalue weighted by Crippen LogP contribution is 2.32. The van der Waals surface area contributed by atoms with Crippen LogP contribution >= 0.6 is 0 Å². The Hall–Kier alpha value is -0.610. The average Bonchev–Trinajstić information content (AvgIpc) is 2.38. The van der Waals surface area contributed by atoms with Crippen LogP contribution in [0.25, 0.3) is 0 Å². The van der Waals surface area contributed by atoms with Crippen LogP contribution in [0.3, 0.4) is 0 Å². The van der Waals surface area contributed by atoms with Crippen molar-refractivity contribution in [3.8, 4) is 0 Å². The Morgan fingerprint density at radius 3 is 2.60 bits per heavy atom. The van der Waals surface area contributed by atoms with Crippen LogP contribution in [0.1, 0.15) is 58.3 Å². The van der Waals surface area contributed by atoms with Crippen molar-refractivity contribution in [2.75, 3.05) is 14.1 Å². The van der Waals surface area contributed by atoms with E-state index in [0.29, 0.717) is 12.1 Å². The lowest BCUT2D eigenvalue weighted by molar-refractivity contribution is -0.129. The summed E-state index contributed by atoms with van der Waals surface area (Å²) >= 11 is 0. The molecule has 0 aromatic carbocycles. The van der Waals surface area contributed by atoms with Crippen molar-refractivity contribution in [3.05, 3.63) is 0 Å². The van der Waals surface area contributed by atoms with Crippen molar-refractivity contribution in [1.29, 1.82) is 0 Å². The summed E-state index contributed by atoms with van der Waals surface area (Å²) in [6, 6.07) is 0.936. The molecule has 116 valence electrons. The monoisotopic (exact) mass is 281 g/mol. The summed E-state index contributed by atoms with van der Waals surface area (Å²) in [5, 5.41) is 3.28. The first-order valence-electron chi connectivity index (χ1n) is 8.16. The van der Waals surface area contributed by atoms with E-state index in [0.717, 1.165) is 38.5 Å². The zero-order chi connectivity index (χ0) is 14.8. The number of nitrogens with one attached hydrogen (secondary N) is 1. The molecule has 4 heteroatoms. The van der Waals surface area contributed by atoms with Gasteiger partial charge in [0, 0.05) is 17.6 Å². The van der Waals surface area contributed by atoms with Gasteiger partial charge in [-0.25, -0.2) is 0 Å². The van der Waals surface area contributed by atoms with Gasteiger partial charge in [0.15, 0.2) is 0 Å². The third kappa shape index (κ3) is 3.73. The van der Waals surface area contributed by atoms with Gasteiger partial charge in [0.25, 0.3) is 0 Å². The normalized spacial score (nSPS) is 38.8. The molecular formula is C16H31N3O. The Bertz CT molecular complexity index is 341. The smallest absolute Gasteiger partial charge is 0.225 e. The number of carbonyl (C=O) groups excluding carboxylic acids is 1. The van der Waals surface area contributed by atoms with Crippen molar-refractivity contribution < 1.29 is 4.79 Å². The van der Waals surface area contributed by atoms with Crippen LogP contribution in [0.5, 0.6) is 0 Å². The Kier molecular flexibility index (Phi) is 5.08. The van der Waals surface area contributed by atoms with Gasteiger partial charge in [-0.1, -0.05) is 12.8 Å². The van der Waals surface area contributed by atoms with Crippen molar-refractivity contribution in [3.63, 3.8) is 0 Å². The number of nitrogens with zero attached hydrogens (tertiary/aromatic N) is 1. The maximum absolute atomic E-state index is 12.6. The molecule has 0 saturated heterocycles. The fraction of sp³-hybridized carbons (Fsp3) is 0.938. The second kappa shape index (κ2) is 6.44. The molecule has 2 aliphatic carbocycles. The third-order valence-corrected chi connectivity index (χ3v) is 5.29. The van der Waals surface area contributed by atoms with E-state index < -0.39 is 0 Å². The second-order valence-electron chi connectivity index (χ2n) is 7.29. The number of rotatable bonds is 3. The lowest BCUT2D eigenvalue weighted by Crippen LogP contribution is -2.55. The molecule has 0 aromatic rings. The minimum Gasteiger partial charge on any atom is -0.353 e. The summed E-state index contributed by atoms with van der Waals surface area (Å²) in [6.07, 6.45) is 8.85. The molecule has 1 amide bonds. The van der Waals surface area contributed by atoms with Gasteiger partial charge in [0.2, 0.25) is 5.91 Å². The number of carbonyl (C=O) groups is 1. The first-order valence-corrected chi connectivity index (χ1v) is 8.16. The fourth-order valence-corrected chi connectivity index (χ4v) is 3.85. The number of hydrogen-bond donors (Lipinski definition) is 2. The molecule has 0 radical (unpaired) electrons. The molecule has 0 aromatic heterocycles. The minimum atomic E-state index is -0.321. The van der Waals surface area contributed by atoms with E-state index in [9.17, 15) is 4.79 Å². The molecule has 20 heavy (non-hydrogen) atoms. The molecule has 2 aliphatic rings. The van der Waals surface area contributed by atoms with Crippen molar-refractivity contribution >= 4 is 5.91 Å². The molecule has 4 unspecified atom stereocenters. The molecule has 4 nitrogen and oxygen atoms in total. The molecule has 2 rings (SSSR count). The van der Waals surface area contributed by atoms with Gasteiger partial charge in [0.1, 0.15) is 0 Å². The Labute approximate surface area is 123 Å². The zero-order valence-corrected chi connectivity index (χ0v) is 13.3. The van der Waals surface area contributed by atoms with Crippen molar-refractivity contribution in [2.24, 2.45) is 11.7 Å². The maximum Gasteiger partial charge on any atom is 0.225 e. The average molecular weight is 281 g/mol. The summed E-state index contributed by atoms with van der Waals surface area (Å²) in [5.74, 6) is 0.190. The van der Waals surface area contributed by atoms with Gasteiger partial charge in [-0.2, -0.15) is 0 Å². The van der Waals surface area contributed by atoms with Gasteiger partial charge < -0.3 is 16.0 Å². The van der Waals surface area contributed by atoms with Crippen LogP contribution in [0.2, 0.25) is 0 Å².